The van der Waals surface area contributed by atoms with Gasteiger partial charge in [-0.05, 0) is 65.7 Å². The van der Waals surface area contributed by atoms with E-state index in [1.807, 2.05) is 48.5 Å². The second kappa shape index (κ2) is 9.24. The topological polar surface area (TPSA) is 38.0 Å². The molecule has 0 fully saturated rings. The zero-order valence-electron chi connectivity index (χ0n) is 22.5. The van der Waals surface area contributed by atoms with Crippen molar-refractivity contribution in [2.45, 2.75) is 0 Å². The molecule has 0 unspecified atom stereocenters. The van der Waals surface area contributed by atoms with Crippen molar-refractivity contribution in [3.8, 4) is 28.6 Å². The summed E-state index contributed by atoms with van der Waals surface area (Å²) in [5.41, 5.74) is 9.81. The molecular weight excluding hydrogens is 512 g/mol. The Hall–Kier alpha value is -6.10. The fourth-order valence-electron chi connectivity index (χ4n) is 6.30. The van der Waals surface area contributed by atoms with Crippen LogP contribution >= 0.6 is 0 Å². The standard InChI is InChI=1S/C38H22N4/c1-40-34-11-5-2-8-29(34)26-15-17-27(18-16-26)41-35-12-6-3-9-30(35)32-20-19-28(23-38(32)41)42-36-13-7-4-10-31(36)33-22-25(24-39)14-21-37(33)42/h2-23H. The molecule has 0 amide bonds. The number of benzene rings is 6. The first-order chi connectivity index (χ1) is 20.7. The van der Waals surface area contributed by atoms with Crippen LogP contribution in [-0.2, 0) is 0 Å². The zero-order chi connectivity index (χ0) is 28.2. The maximum atomic E-state index is 9.55. The molecule has 0 saturated heterocycles. The van der Waals surface area contributed by atoms with Gasteiger partial charge in [-0.25, -0.2) is 4.85 Å². The summed E-state index contributed by atoms with van der Waals surface area (Å²) >= 11 is 0. The highest BCUT2D eigenvalue weighted by Gasteiger charge is 2.17. The van der Waals surface area contributed by atoms with Crippen LogP contribution in [0.5, 0.6) is 0 Å². The number of hydrogen-bond acceptors (Lipinski definition) is 1. The van der Waals surface area contributed by atoms with Gasteiger partial charge < -0.3 is 9.13 Å². The fraction of sp³-hybridized carbons (Fsp3) is 0. The maximum absolute atomic E-state index is 9.55. The van der Waals surface area contributed by atoms with Crippen LogP contribution in [0, 0.1) is 17.9 Å². The van der Waals surface area contributed by atoms with Crippen LogP contribution in [-0.4, -0.2) is 9.13 Å². The van der Waals surface area contributed by atoms with Gasteiger partial charge in [0.2, 0.25) is 0 Å². The molecule has 8 rings (SSSR count). The largest absolute Gasteiger partial charge is 0.309 e. The highest BCUT2D eigenvalue weighted by atomic mass is 15.0. The van der Waals surface area contributed by atoms with Crippen molar-refractivity contribution in [3.63, 3.8) is 0 Å². The molecule has 4 nitrogen and oxygen atoms in total. The van der Waals surface area contributed by atoms with Gasteiger partial charge in [0, 0.05) is 32.9 Å². The van der Waals surface area contributed by atoms with Crippen molar-refractivity contribution >= 4 is 49.3 Å². The Balaban J connectivity index is 1.37. The second-order valence-electron chi connectivity index (χ2n) is 10.4. The van der Waals surface area contributed by atoms with Crippen molar-refractivity contribution in [1.29, 1.82) is 5.26 Å². The van der Waals surface area contributed by atoms with Crippen LogP contribution in [0.3, 0.4) is 0 Å². The average molecular weight is 535 g/mol. The van der Waals surface area contributed by atoms with Crippen molar-refractivity contribution < 1.29 is 0 Å². The van der Waals surface area contributed by atoms with Crippen LogP contribution < -0.4 is 0 Å². The number of aromatic nitrogens is 2. The third-order valence-corrected chi connectivity index (χ3v) is 8.18. The van der Waals surface area contributed by atoms with E-state index in [9.17, 15) is 5.26 Å². The molecule has 0 bridgehead atoms. The Morgan fingerprint density at radius 3 is 1.86 bits per heavy atom. The van der Waals surface area contributed by atoms with E-state index >= 15 is 0 Å². The summed E-state index contributed by atoms with van der Waals surface area (Å²) in [6.07, 6.45) is 0. The smallest absolute Gasteiger partial charge is 0.194 e. The van der Waals surface area contributed by atoms with Crippen LogP contribution in [0.1, 0.15) is 5.56 Å². The quantitative estimate of drug-likeness (QED) is 0.208. The molecule has 0 atom stereocenters. The van der Waals surface area contributed by atoms with Gasteiger partial charge in [-0.15, -0.1) is 0 Å². The van der Waals surface area contributed by atoms with E-state index in [0.29, 0.717) is 11.3 Å². The molecule has 194 valence electrons. The summed E-state index contributed by atoms with van der Waals surface area (Å²) in [4.78, 5) is 3.71. The van der Waals surface area contributed by atoms with E-state index in [1.165, 1.54) is 10.8 Å². The van der Waals surface area contributed by atoms with Crippen LogP contribution in [0.25, 0.3) is 71.0 Å². The normalized spacial score (nSPS) is 11.3. The van der Waals surface area contributed by atoms with Crippen LogP contribution in [0.15, 0.2) is 133 Å². The molecule has 0 aliphatic carbocycles. The van der Waals surface area contributed by atoms with E-state index in [4.69, 9.17) is 6.57 Å². The number of nitriles is 1. The molecule has 0 radical (unpaired) electrons. The molecule has 0 aliphatic heterocycles. The lowest BCUT2D eigenvalue weighted by molar-refractivity contribution is 1.15. The minimum absolute atomic E-state index is 0.653. The van der Waals surface area contributed by atoms with Crippen molar-refractivity contribution in [1.82, 2.24) is 9.13 Å². The van der Waals surface area contributed by atoms with E-state index in [1.54, 1.807) is 0 Å². The van der Waals surface area contributed by atoms with Crippen molar-refractivity contribution in [3.05, 3.63) is 150 Å². The highest BCUT2D eigenvalue weighted by Crippen LogP contribution is 2.38. The van der Waals surface area contributed by atoms with Crippen LogP contribution in [0.2, 0.25) is 0 Å². The highest BCUT2D eigenvalue weighted by molar-refractivity contribution is 6.12. The van der Waals surface area contributed by atoms with Gasteiger partial charge in [0.25, 0.3) is 0 Å². The first-order valence-electron chi connectivity index (χ1n) is 13.8. The number of hydrogen-bond donors (Lipinski definition) is 0. The predicted octanol–water partition coefficient (Wildman–Crippen LogP) is 9.97. The minimum atomic E-state index is 0.653. The van der Waals surface area contributed by atoms with E-state index in [-0.39, 0.29) is 0 Å². The molecule has 0 saturated carbocycles. The molecular formula is C38H22N4. The molecule has 6 aromatic carbocycles. The zero-order valence-corrected chi connectivity index (χ0v) is 22.5. The molecule has 2 heterocycles. The average Bonchev–Trinajstić information content (AvgIpc) is 3.57. The molecule has 2 aromatic heterocycles. The van der Waals surface area contributed by atoms with Gasteiger partial charge in [-0.2, -0.15) is 5.26 Å². The minimum Gasteiger partial charge on any atom is -0.309 e. The Morgan fingerprint density at radius 1 is 0.524 bits per heavy atom. The summed E-state index contributed by atoms with van der Waals surface area (Å²) in [5.74, 6) is 0. The Kier molecular flexibility index (Phi) is 5.22. The van der Waals surface area contributed by atoms with Gasteiger partial charge in [-0.3, -0.25) is 0 Å². The summed E-state index contributed by atoms with van der Waals surface area (Å²) in [6.45, 7) is 7.58. The molecule has 4 heteroatoms. The van der Waals surface area contributed by atoms with Gasteiger partial charge in [0.05, 0.1) is 40.3 Å². The van der Waals surface area contributed by atoms with Crippen LogP contribution in [0.4, 0.5) is 5.69 Å². The van der Waals surface area contributed by atoms with E-state index in [0.717, 1.165) is 55.3 Å². The van der Waals surface area contributed by atoms with Gasteiger partial charge in [0.15, 0.2) is 5.69 Å². The molecule has 0 spiro atoms. The molecule has 42 heavy (non-hydrogen) atoms. The SMILES string of the molecule is [C-]#[N+]c1ccccc1-c1ccc(-n2c3ccccc3c3ccc(-n4c5ccccc5c5cc(C#N)ccc54)cc32)cc1. The summed E-state index contributed by atoms with van der Waals surface area (Å²) in [6, 6.07) is 48.0. The lowest BCUT2D eigenvalue weighted by atomic mass is 10.0. The Bertz CT molecular complexity index is 2430. The molecule has 8 aromatic rings. The maximum Gasteiger partial charge on any atom is 0.194 e. The van der Waals surface area contributed by atoms with Gasteiger partial charge in [0.1, 0.15) is 0 Å². The fourth-order valence-corrected chi connectivity index (χ4v) is 6.30. The lowest BCUT2D eigenvalue weighted by Gasteiger charge is -2.12. The predicted molar refractivity (Wildman–Crippen MR) is 172 cm³/mol. The summed E-state index contributed by atoms with van der Waals surface area (Å²) in [5, 5.41) is 14.1. The number of para-hydroxylation sites is 3. The molecule has 0 N–H and O–H groups in total. The van der Waals surface area contributed by atoms with Crippen molar-refractivity contribution in [2.24, 2.45) is 0 Å². The second-order valence-corrected chi connectivity index (χ2v) is 10.4. The molecule has 0 aliphatic rings. The summed E-state index contributed by atoms with van der Waals surface area (Å²) < 4.78 is 4.61. The third-order valence-electron chi connectivity index (χ3n) is 8.18. The first kappa shape index (κ1) is 23.8. The number of rotatable bonds is 3. The van der Waals surface area contributed by atoms with E-state index in [2.05, 4.69) is 105 Å². The van der Waals surface area contributed by atoms with E-state index < -0.39 is 0 Å². The van der Waals surface area contributed by atoms with Crippen molar-refractivity contribution in [2.75, 3.05) is 0 Å². The summed E-state index contributed by atoms with van der Waals surface area (Å²) in [7, 11) is 0. The Morgan fingerprint density at radius 2 is 1.12 bits per heavy atom. The monoisotopic (exact) mass is 534 g/mol. The number of nitrogens with zero attached hydrogens (tertiary/aromatic N) is 4. The first-order valence-corrected chi connectivity index (χ1v) is 13.8. The lowest BCUT2D eigenvalue weighted by Crippen LogP contribution is -1.97. The van der Waals surface area contributed by atoms with Gasteiger partial charge >= 0.3 is 0 Å². The Labute approximate surface area is 242 Å². The third kappa shape index (κ3) is 3.47. The number of fused-ring (bicyclic) bond motifs is 6. The van der Waals surface area contributed by atoms with Gasteiger partial charge in [-0.1, -0.05) is 78.9 Å².